The van der Waals surface area contributed by atoms with Crippen LogP contribution in [0.25, 0.3) is 44.5 Å². The Hall–Kier alpha value is -4.22. The molecule has 0 N–H and O–H groups in total. The van der Waals surface area contributed by atoms with Crippen molar-refractivity contribution in [2.24, 2.45) is 0 Å². The SMILES string of the molecule is Brc1cc(-c2ccccc2)cc(-c2ccccc2)c1.C.C.CC1(C)OB(c2cc(-c3ccccc3)cc(-c3ccccc3)c2)OC1(C)C. The zero-order valence-electron chi connectivity index (χ0n) is 26.8. The molecule has 2 nitrogen and oxygen atoms in total. The molecule has 0 atom stereocenters. The zero-order valence-corrected chi connectivity index (χ0v) is 28.4. The van der Waals surface area contributed by atoms with E-state index in [1.165, 1.54) is 44.5 Å². The highest BCUT2D eigenvalue weighted by Crippen LogP contribution is 2.37. The maximum absolute atomic E-state index is 6.31. The molecule has 0 spiro atoms. The second kappa shape index (κ2) is 15.8. The minimum atomic E-state index is -0.374. The lowest BCUT2D eigenvalue weighted by atomic mass is 9.76. The van der Waals surface area contributed by atoms with E-state index in [2.05, 4.69) is 177 Å². The van der Waals surface area contributed by atoms with Crippen LogP contribution < -0.4 is 5.46 Å². The van der Waals surface area contributed by atoms with E-state index in [-0.39, 0.29) is 33.2 Å². The summed E-state index contributed by atoms with van der Waals surface area (Å²) in [6.45, 7) is 8.36. The fourth-order valence-electron chi connectivity index (χ4n) is 5.55. The zero-order chi connectivity index (χ0) is 32.1. The number of hydrogen-bond acceptors (Lipinski definition) is 2. The second-order valence-electron chi connectivity index (χ2n) is 12.6. The van der Waals surface area contributed by atoms with Crippen LogP contribution in [0.2, 0.25) is 0 Å². The van der Waals surface area contributed by atoms with E-state index in [1.807, 2.05) is 24.3 Å². The standard InChI is InChI=1S/C24H25BO2.C18H13Br.2CH4/c1-23(2)24(3,4)27-25(26-23)22-16-20(18-11-7-5-8-12-18)15-21(17-22)19-13-9-6-10-14-19;19-18-12-16(14-7-3-1-4-8-14)11-17(13-18)15-9-5-2-6-10-15;;/h5-17H,1-4H3;1-13H;2*1H4. The Morgan fingerprint density at radius 2 is 0.667 bits per heavy atom. The molecule has 0 aliphatic carbocycles. The largest absolute Gasteiger partial charge is 0.494 e. The Balaban J connectivity index is 0.000000220. The van der Waals surface area contributed by atoms with Crippen molar-refractivity contribution in [1.29, 1.82) is 0 Å². The number of hydrogen-bond donors (Lipinski definition) is 0. The summed E-state index contributed by atoms with van der Waals surface area (Å²) >= 11 is 3.61. The summed E-state index contributed by atoms with van der Waals surface area (Å²) in [5.74, 6) is 0. The lowest BCUT2D eigenvalue weighted by Gasteiger charge is -2.32. The molecule has 0 radical (unpaired) electrons. The van der Waals surface area contributed by atoms with Crippen LogP contribution >= 0.6 is 15.9 Å². The lowest BCUT2D eigenvalue weighted by Crippen LogP contribution is -2.41. The van der Waals surface area contributed by atoms with Crippen LogP contribution in [0.15, 0.2) is 162 Å². The molecule has 1 fully saturated rings. The van der Waals surface area contributed by atoms with Crippen LogP contribution in [0, 0.1) is 0 Å². The van der Waals surface area contributed by atoms with E-state index in [0.29, 0.717) is 0 Å². The van der Waals surface area contributed by atoms with Gasteiger partial charge < -0.3 is 9.31 Å². The number of rotatable bonds is 5. The van der Waals surface area contributed by atoms with Gasteiger partial charge in [0.15, 0.2) is 0 Å². The monoisotopic (exact) mass is 696 g/mol. The van der Waals surface area contributed by atoms with Crippen LogP contribution in [0.5, 0.6) is 0 Å². The fraction of sp³-hybridized carbons (Fsp3) is 0.182. The molecule has 48 heavy (non-hydrogen) atoms. The summed E-state index contributed by atoms with van der Waals surface area (Å²) in [6, 6.07) is 54.9. The third kappa shape index (κ3) is 8.43. The topological polar surface area (TPSA) is 18.5 Å². The molecule has 7 rings (SSSR count). The Kier molecular flexibility index (Phi) is 12.0. The van der Waals surface area contributed by atoms with Crippen molar-refractivity contribution in [2.45, 2.75) is 53.8 Å². The van der Waals surface area contributed by atoms with E-state index in [4.69, 9.17) is 9.31 Å². The van der Waals surface area contributed by atoms with Gasteiger partial charge in [0, 0.05) is 4.47 Å². The summed E-state index contributed by atoms with van der Waals surface area (Å²) in [4.78, 5) is 0. The van der Waals surface area contributed by atoms with E-state index in [1.54, 1.807) is 0 Å². The van der Waals surface area contributed by atoms with Gasteiger partial charge in [-0.25, -0.2) is 0 Å². The van der Waals surface area contributed by atoms with Gasteiger partial charge in [-0.2, -0.15) is 0 Å². The van der Waals surface area contributed by atoms with E-state index in [0.717, 1.165) is 9.94 Å². The molecule has 0 unspecified atom stereocenters. The molecule has 1 saturated heterocycles. The first-order chi connectivity index (χ1) is 22.2. The minimum Gasteiger partial charge on any atom is -0.399 e. The fourth-order valence-corrected chi connectivity index (χ4v) is 6.04. The first kappa shape index (κ1) is 36.6. The maximum atomic E-state index is 6.31. The number of halogens is 1. The summed E-state index contributed by atoms with van der Waals surface area (Å²) in [5.41, 5.74) is 9.99. The third-order valence-corrected chi connectivity index (χ3v) is 9.26. The van der Waals surface area contributed by atoms with Gasteiger partial charge >= 0.3 is 7.12 Å². The third-order valence-electron chi connectivity index (χ3n) is 8.81. The van der Waals surface area contributed by atoms with Crippen molar-refractivity contribution in [2.75, 3.05) is 0 Å². The quantitative estimate of drug-likeness (QED) is 0.167. The Morgan fingerprint density at radius 1 is 0.396 bits per heavy atom. The lowest BCUT2D eigenvalue weighted by molar-refractivity contribution is 0.00578. The van der Waals surface area contributed by atoms with Crippen molar-refractivity contribution < 1.29 is 9.31 Å². The Labute approximate surface area is 297 Å². The molecule has 0 bridgehead atoms. The molecule has 1 aliphatic heterocycles. The van der Waals surface area contributed by atoms with Crippen molar-refractivity contribution >= 4 is 28.5 Å². The highest BCUT2D eigenvalue weighted by molar-refractivity contribution is 9.10. The van der Waals surface area contributed by atoms with Crippen molar-refractivity contribution in [3.05, 3.63) is 162 Å². The second-order valence-corrected chi connectivity index (χ2v) is 13.5. The molecule has 1 heterocycles. The average Bonchev–Trinajstić information content (AvgIpc) is 3.32. The molecule has 1 aliphatic rings. The summed E-state index contributed by atoms with van der Waals surface area (Å²) in [6.07, 6.45) is 0. The summed E-state index contributed by atoms with van der Waals surface area (Å²) < 4.78 is 13.7. The minimum absolute atomic E-state index is 0. The Bertz CT molecular complexity index is 1760. The van der Waals surface area contributed by atoms with Gasteiger partial charge in [-0.05, 0) is 102 Å². The normalized spacial score (nSPS) is 14.1. The molecule has 6 aromatic rings. The van der Waals surface area contributed by atoms with Gasteiger partial charge in [0.05, 0.1) is 11.2 Å². The Morgan fingerprint density at radius 3 is 0.958 bits per heavy atom. The van der Waals surface area contributed by atoms with Gasteiger partial charge in [-0.15, -0.1) is 0 Å². The first-order valence-electron chi connectivity index (χ1n) is 15.7. The van der Waals surface area contributed by atoms with E-state index in [9.17, 15) is 0 Å². The molecule has 244 valence electrons. The van der Waals surface area contributed by atoms with E-state index >= 15 is 0 Å². The van der Waals surface area contributed by atoms with Crippen molar-refractivity contribution in [3.63, 3.8) is 0 Å². The van der Waals surface area contributed by atoms with Crippen molar-refractivity contribution in [1.82, 2.24) is 0 Å². The van der Waals surface area contributed by atoms with Gasteiger partial charge in [0.1, 0.15) is 0 Å². The predicted octanol–water partition coefficient (Wildman–Crippen LogP) is 12.4. The van der Waals surface area contributed by atoms with Crippen LogP contribution in [-0.2, 0) is 9.31 Å². The first-order valence-corrected chi connectivity index (χ1v) is 16.5. The highest BCUT2D eigenvalue weighted by Gasteiger charge is 2.51. The molecule has 0 saturated carbocycles. The van der Waals surface area contributed by atoms with Crippen LogP contribution in [0.3, 0.4) is 0 Å². The summed E-state index contributed by atoms with van der Waals surface area (Å²) in [5, 5.41) is 0. The molecular formula is C44H46BBrO2. The molecule has 0 amide bonds. The van der Waals surface area contributed by atoms with Crippen LogP contribution in [0.4, 0.5) is 0 Å². The van der Waals surface area contributed by atoms with Gasteiger partial charge in [0.25, 0.3) is 0 Å². The van der Waals surface area contributed by atoms with Gasteiger partial charge in [-0.1, -0.05) is 164 Å². The smallest absolute Gasteiger partial charge is 0.399 e. The number of benzene rings is 6. The average molecular weight is 698 g/mol. The van der Waals surface area contributed by atoms with Gasteiger partial charge in [-0.3, -0.25) is 0 Å². The molecule has 4 heteroatoms. The highest BCUT2D eigenvalue weighted by atomic mass is 79.9. The van der Waals surface area contributed by atoms with E-state index < -0.39 is 0 Å². The van der Waals surface area contributed by atoms with Crippen LogP contribution in [0.1, 0.15) is 42.5 Å². The van der Waals surface area contributed by atoms with Gasteiger partial charge in [0.2, 0.25) is 0 Å². The van der Waals surface area contributed by atoms with Crippen LogP contribution in [-0.4, -0.2) is 18.3 Å². The predicted molar refractivity (Wildman–Crippen MR) is 212 cm³/mol. The molecular weight excluding hydrogens is 651 g/mol. The molecule has 6 aromatic carbocycles. The molecule has 0 aromatic heterocycles. The van der Waals surface area contributed by atoms with Crippen molar-refractivity contribution in [3.8, 4) is 44.5 Å². The maximum Gasteiger partial charge on any atom is 0.494 e. The summed E-state index contributed by atoms with van der Waals surface area (Å²) in [7, 11) is -0.374.